The highest BCUT2D eigenvalue weighted by atomic mass is 32.1. The SMILES string of the molecule is CNC(=O)c1sc(N2CCC(C(C)(C)C)C2)c(OC)c1N. The molecule has 1 unspecified atom stereocenters. The molecule has 21 heavy (non-hydrogen) atoms. The second-order valence-corrected chi connectivity index (χ2v) is 7.56. The van der Waals surface area contributed by atoms with E-state index in [0.29, 0.717) is 22.2 Å². The number of nitrogens with one attached hydrogen (secondary N) is 1. The van der Waals surface area contributed by atoms with Crippen molar-refractivity contribution in [2.45, 2.75) is 27.2 Å². The third-order valence-corrected chi connectivity index (χ3v) is 5.47. The molecule has 118 valence electrons. The van der Waals surface area contributed by atoms with E-state index in [2.05, 4.69) is 31.0 Å². The van der Waals surface area contributed by atoms with Gasteiger partial charge in [0.05, 0.1) is 7.11 Å². The van der Waals surface area contributed by atoms with E-state index in [4.69, 9.17) is 10.5 Å². The van der Waals surface area contributed by atoms with E-state index in [1.807, 2.05) is 0 Å². The maximum absolute atomic E-state index is 11.9. The van der Waals surface area contributed by atoms with Crippen LogP contribution in [0.15, 0.2) is 0 Å². The lowest BCUT2D eigenvalue weighted by Crippen LogP contribution is -2.25. The molecular weight excluding hydrogens is 286 g/mol. The Balaban J connectivity index is 2.31. The largest absolute Gasteiger partial charge is 0.492 e. The van der Waals surface area contributed by atoms with Gasteiger partial charge in [-0.05, 0) is 17.8 Å². The number of carbonyl (C=O) groups is 1. The number of rotatable bonds is 3. The molecule has 1 saturated heterocycles. The van der Waals surface area contributed by atoms with Gasteiger partial charge in [0.1, 0.15) is 15.6 Å². The van der Waals surface area contributed by atoms with Gasteiger partial charge in [-0.25, -0.2) is 0 Å². The Morgan fingerprint density at radius 3 is 2.62 bits per heavy atom. The van der Waals surface area contributed by atoms with E-state index < -0.39 is 0 Å². The Kier molecular flexibility index (Phi) is 4.37. The van der Waals surface area contributed by atoms with Crippen LogP contribution in [0.4, 0.5) is 10.7 Å². The first-order chi connectivity index (χ1) is 9.79. The molecule has 1 fully saturated rings. The quantitative estimate of drug-likeness (QED) is 0.900. The van der Waals surface area contributed by atoms with Gasteiger partial charge in [0.25, 0.3) is 5.91 Å². The van der Waals surface area contributed by atoms with Crippen molar-refractivity contribution < 1.29 is 9.53 Å². The molecule has 0 bridgehead atoms. The number of ether oxygens (including phenoxy) is 1. The van der Waals surface area contributed by atoms with Crippen LogP contribution < -0.4 is 20.7 Å². The summed E-state index contributed by atoms with van der Waals surface area (Å²) in [6.45, 7) is 8.78. The van der Waals surface area contributed by atoms with Crippen LogP contribution in [0.1, 0.15) is 36.9 Å². The molecule has 6 heteroatoms. The fourth-order valence-corrected chi connectivity index (χ4v) is 3.93. The molecule has 1 atom stereocenters. The summed E-state index contributed by atoms with van der Waals surface area (Å²) >= 11 is 1.42. The second-order valence-electron chi connectivity index (χ2n) is 6.56. The summed E-state index contributed by atoms with van der Waals surface area (Å²) in [6, 6.07) is 0. The normalized spacial score (nSPS) is 18.9. The molecule has 1 aliphatic heterocycles. The molecule has 0 aliphatic carbocycles. The van der Waals surface area contributed by atoms with Crippen molar-refractivity contribution in [3.8, 4) is 5.75 Å². The number of hydrogen-bond donors (Lipinski definition) is 2. The van der Waals surface area contributed by atoms with E-state index in [1.165, 1.54) is 11.3 Å². The maximum Gasteiger partial charge on any atom is 0.263 e. The molecule has 1 amide bonds. The van der Waals surface area contributed by atoms with Gasteiger partial charge in [-0.1, -0.05) is 20.8 Å². The molecule has 0 spiro atoms. The monoisotopic (exact) mass is 311 g/mol. The summed E-state index contributed by atoms with van der Waals surface area (Å²) in [5, 5.41) is 3.60. The van der Waals surface area contributed by atoms with Crippen LogP contribution in [0.3, 0.4) is 0 Å². The van der Waals surface area contributed by atoms with Gasteiger partial charge in [0.2, 0.25) is 0 Å². The molecule has 2 heterocycles. The Hall–Kier alpha value is -1.43. The van der Waals surface area contributed by atoms with E-state index >= 15 is 0 Å². The number of nitrogens with two attached hydrogens (primary N) is 1. The van der Waals surface area contributed by atoms with Crippen molar-refractivity contribution in [1.29, 1.82) is 0 Å². The lowest BCUT2D eigenvalue weighted by atomic mass is 9.80. The van der Waals surface area contributed by atoms with Crippen molar-refractivity contribution in [1.82, 2.24) is 5.32 Å². The fourth-order valence-electron chi connectivity index (χ4n) is 2.76. The molecule has 0 radical (unpaired) electrons. The minimum atomic E-state index is -0.159. The number of hydrogen-bond acceptors (Lipinski definition) is 5. The summed E-state index contributed by atoms with van der Waals surface area (Å²) in [4.78, 5) is 14.7. The van der Waals surface area contributed by atoms with E-state index in [0.717, 1.165) is 24.5 Å². The number of anilines is 2. The molecule has 2 rings (SSSR count). The Morgan fingerprint density at radius 2 is 2.14 bits per heavy atom. The maximum atomic E-state index is 11.9. The first-order valence-corrected chi connectivity index (χ1v) is 8.04. The van der Waals surface area contributed by atoms with Gasteiger partial charge in [-0.15, -0.1) is 11.3 Å². The van der Waals surface area contributed by atoms with Crippen LogP contribution in [-0.2, 0) is 0 Å². The van der Waals surface area contributed by atoms with Gasteiger partial charge in [-0.3, -0.25) is 4.79 Å². The molecule has 1 aliphatic rings. The van der Waals surface area contributed by atoms with Crippen molar-refractivity contribution in [3.63, 3.8) is 0 Å². The van der Waals surface area contributed by atoms with Crippen LogP contribution >= 0.6 is 11.3 Å². The number of amides is 1. The topological polar surface area (TPSA) is 67.6 Å². The van der Waals surface area contributed by atoms with Crippen LogP contribution in [-0.4, -0.2) is 33.2 Å². The van der Waals surface area contributed by atoms with Gasteiger partial charge < -0.3 is 20.7 Å². The zero-order valence-electron chi connectivity index (χ0n) is 13.4. The van der Waals surface area contributed by atoms with Crippen molar-refractivity contribution in [2.24, 2.45) is 11.3 Å². The lowest BCUT2D eigenvalue weighted by Gasteiger charge is -2.27. The third-order valence-electron chi connectivity index (χ3n) is 4.22. The minimum Gasteiger partial charge on any atom is -0.492 e. The van der Waals surface area contributed by atoms with Crippen molar-refractivity contribution in [3.05, 3.63) is 4.88 Å². The summed E-state index contributed by atoms with van der Waals surface area (Å²) in [5.74, 6) is 1.11. The number of methoxy groups -OCH3 is 1. The number of carbonyl (C=O) groups excluding carboxylic acids is 1. The van der Waals surface area contributed by atoms with Crippen LogP contribution in [0.5, 0.6) is 5.75 Å². The van der Waals surface area contributed by atoms with E-state index in [-0.39, 0.29) is 11.3 Å². The van der Waals surface area contributed by atoms with Gasteiger partial charge in [0.15, 0.2) is 5.75 Å². The van der Waals surface area contributed by atoms with Crippen LogP contribution in [0, 0.1) is 11.3 Å². The van der Waals surface area contributed by atoms with Crippen LogP contribution in [0.25, 0.3) is 0 Å². The lowest BCUT2D eigenvalue weighted by molar-refractivity contribution is 0.0967. The third kappa shape index (κ3) is 2.95. The summed E-state index contributed by atoms with van der Waals surface area (Å²) in [5.41, 5.74) is 6.80. The smallest absolute Gasteiger partial charge is 0.263 e. The minimum absolute atomic E-state index is 0.159. The summed E-state index contributed by atoms with van der Waals surface area (Å²) in [6.07, 6.45) is 1.15. The standard InChI is InChI=1S/C15H25N3O2S/c1-15(2,3)9-6-7-18(8-9)14-11(20-5)10(16)12(21-14)13(19)17-4/h9H,6-8,16H2,1-5H3,(H,17,19). The summed E-state index contributed by atoms with van der Waals surface area (Å²) < 4.78 is 5.45. The Labute approximate surface area is 130 Å². The first kappa shape index (κ1) is 15.9. The predicted octanol–water partition coefficient (Wildman–Crippen LogP) is 2.57. The fraction of sp³-hybridized carbons (Fsp3) is 0.667. The Bertz CT molecular complexity index is 534. The molecule has 1 aromatic rings. The first-order valence-electron chi connectivity index (χ1n) is 7.22. The highest BCUT2D eigenvalue weighted by molar-refractivity contribution is 7.19. The zero-order chi connectivity index (χ0) is 15.8. The average molecular weight is 311 g/mol. The van der Waals surface area contributed by atoms with E-state index in [1.54, 1.807) is 14.2 Å². The summed E-state index contributed by atoms with van der Waals surface area (Å²) in [7, 11) is 3.21. The zero-order valence-corrected chi connectivity index (χ0v) is 14.3. The molecule has 1 aromatic heterocycles. The molecule has 3 N–H and O–H groups in total. The number of thiophene rings is 1. The highest BCUT2D eigenvalue weighted by Crippen LogP contribution is 2.47. The van der Waals surface area contributed by atoms with Gasteiger partial charge in [0, 0.05) is 20.1 Å². The molecule has 5 nitrogen and oxygen atoms in total. The average Bonchev–Trinajstić information content (AvgIpc) is 3.01. The van der Waals surface area contributed by atoms with Gasteiger partial charge in [-0.2, -0.15) is 0 Å². The molecule has 0 aromatic carbocycles. The predicted molar refractivity (Wildman–Crippen MR) is 88.4 cm³/mol. The second kappa shape index (κ2) is 5.75. The van der Waals surface area contributed by atoms with Crippen molar-refractivity contribution in [2.75, 3.05) is 37.9 Å². The van der Waals surface area contributed by atoms with E-state index in [9.17, 15) is 4.79 Å². The van der Waals surface area contributed by atoms with Crippen molar-refractivity contribution >= 4 is 27.9 Å². The van der Waals surface area contributed by atoms with Gasteiger partial charge >= 0.3 is 0 Å². The number of nitrogens with zero attached hydrogens (tertiary/aromatic N) is 1. The molecule has 0 saturated carbocycles. The molecular formula is C15H25N3O2S. The number of nitrogen functional groups attached to an aromatic ring is 1. The Morgan fingerprint density at radius 1 is 1.48 bits per heavy atom. The van der Waals surface area contributed by atoms with Crippen LogP contribution in [0.2, 0.25) is 0 Å². The highest BCUT2D eigenvalue weighted by Gasteiger charge is 2.35.